The third-order valence-electron chi connectivity index (χ3n) is 3.57. The highest BCUT2D eigenvalue weighted by atomic mass is 16.5. The molecule has 0 aliphatic heterocycles. The monoisotopic (exact) mass is 321 g/mol. The Morgan fingerprint density at radius 3 is 2.54 bits per heavy atom. The number of carbonyl (C=O) groups excluding carboxylic acids is 1. The van der Waals surface area contributed by atoms with Gasteiger partial charge in [0.1, 0.15) is 17.3 Å². The van der Waals surface area contributed by atoms with Crippen molar-refractivity contribution < 1.29 is 13.9 Å². The molecule has 3 aromatic rings. The molecule has 0 fully saturated rings. The maximum Gasteiger partial charge on any atom is 0.255 e. The average Bonchev–Trinajstić information content (AvgIpc) is 3.09. The van der Waals surface area contributed by atoms with Crippen molar-refractivity contribution in [3.8, 4) is 11.5 Å². The summed E-state index contributed by atoms with van der Waals surface area (Å²) >= 11 is 0. The van der Waals surface area contributed by atoms with Crippen LogP contribution in [-0.4, -0.2) is 11.9 Å². The lowest BCUT2D eigenvalue weighted by atomic mass is 10.1. The van der Waals surface area contributed by atoms with Crippen LogP contribution in [0.5, 0.6) is 11.5 Å². The Morgan fingerprint density at radius 1 is 1.04 bits per heavy atom. The molecule has 1 heterocycles. The smallest absolute Gasteiger partial charge is 0.255 e. The van der Waals surface area contributed by atoms with Gasteiger partial charge in [-0.1, -0.05) is 30.3 Å². The average molecular weight is 321 g/mol. The quantitative estimate of drug-likeness (QED) is 0.730. The van der Waals surface area contributed by atoms with Crippen LogP contribution in [0.1, 0.15) is 23.0 Å². The van der Waals surface area contributed by atoms with Crippen LogP contribution in [0.25, 0.3) is 0 Å². The Hall–Kier alpha value is -3.01. The molecule has 0 saturated carbocycles. The fourth-order valence-electron chi connectivity index (χ4n) is 2.44. The van der Waals surface area contributed by atoms with Crippen molar-refractivity contribution in [2.75, 3.05) is 0 Å². The number of amides is 1. The van der Waals surface area contributed by atoms with E-state index in [2.05, 4.69) is 5.32 Å². The van der Waals surface area contributed by atoms with Gasteiger partial charge in [-0.15, -0.1) is 0 Å². The number of carbonyl (C=O) groups is 1. The summed E-state index contributed by atoms with van der Waals surface area (Å²) in [6, 6.07) is 20.3. The summed E-state index contributed by atoms with van der Waals surface area (Å²) in [4.78, 5) is 12.6. The molecule has 4 heteroatoms. The molecule has 0 spiro atoms. The van der Waals surface area contributed by atoms with Crippen LogP contribution >= 0.6 is 0 Å². The first-order valence-corrected chi connectivity index (χ1v) is 7.87. The number of benzene rings is 2. The molecule has 1 N–H and O–H groups in total. The van der Waals surface area contributed by atoms with Gasteiger partial charge >= 0.3 is 0 Å². The normalized spacial score (nSPS) is 11.7. The predicted molar refractivity (Wildman–Crippen MR) is 92.3 cm³/mol. The summed E-state index contributed by atoms with van der Waals surface area (Å²) in [6.45, 7) is 1.95. The van der Waals surface area contributed by atoms with Crippen LogP contribution in [0.3, 0.4) is 0 Å². The van der Waals surface area contributed by atoms with Gasteiger partial charge in [-0.25, -0.2) is 0 Å². The molecule has 2 aromatic carbocycles. The number of nitrogens with one attached hydrogen (secondary N) is 1. The van der Waals surface area contributed by atoms with E-state index in [9.17, 15) is 4.79 Å². The van der Waals surface area contributed by atoms with Crippen LogP contribution in [0, 0.1) is 0 Å². The zero-order valence-electron chi connectivity index (χ0n) is 13.4. The van der Waals surface area contributed by atoms with Crippen molar-refractivity contribution in [3.05, 3.63) is 84.3 Å². The summed E-state index contributed by atoms with van der Waals surface area (Å²) < 4.78 is 11.2. The lowest BCUT2D eigenvalue weighted by Crippen LogP contribution is -2.34. The fraction of sp³-hybridized carbons (Fsp3) is 0.150. The lowest BCUT2D eigenvalue weighted by molar-refractivity contribution is 0.0937. The first-order valence-electron chi connectivity index (χ1n) is 7.87. The van der Waals surface area contributed by atoms with Crippen LogP contribution < -0.4 is 10.1 Å². The van der Waals surface area contributed by atoms with E-state index in [0.717, 1.165) is 5.76 Å². The van der Waals surface area contributed by atoms with Gasteiger partial charge in [0.05, 0.1) is 11.8 Å². The molecule has 1 amide bonds. The molecule has 1 aromatic heterocycles. The third kappa shape index (κ3) is 4.04. The van der Waals surface area contributed by atoms with Gasteiger partial charge in [-0.05, 0) is 43.3 Å². The topological polar surface area (TPSA) is 51.5 Å². The van der Waals surface area contributed by atoms with Gasteiger partial charge < -0.3 is 14.5 Å². The van der Waals surface area contributed by atoms with Gasteiger partial charge in [-0.3, -0.25) is 4.79 Å². The zero-order valence-corrected chi connectivity index (χ0v) is 13.4. The maximum absolute atomic E-state index is 12.6. The Balaban J connectivity index is 1.70. The number of hydrogen-bond acceptors (Lipinski definition) is 3. The van der Waals surface area contributed by atoms with Crippen LogP contribution in [0.2, 0.25) is 0 Å². The van der Waals surface area contributed by atoms with Crippen molar-refractivity contribution >= 4 is 5.91 Å². The highest BCUT2D eigenvalue weighted by molar-refractivity contribution is 5.97. The van der Waals surface area contributed by atoms with E-state index in [1.54, 1.807) is 18.4 Å². The van der Waals surface area contributed by atoms with Crippen molar-refractivity contribution in [3.63, 3.8) is 0 Å². The molecule has 0 bridgehead atoms. The molecule has 0 aliphatic rings. The van der Waals surface area contributed by atoms with E-state index < -0.39 is 0 Å². The standard InChI is InChI=1S/C20H19NO3/c1-15(14-17-10-7-13-23-17)21-20(22)18-11-5-6-12-19(18)24-16-8-3-2-4-9-16/h2-13,15H,14H2,1H3,(H,21,22). The second-order valence-corrected chi connectivity index (χ2v) is 5.57. The van der Waals surface area contributed by atoms with E-state index in [4.69, 9.17) is 9.15 Å². The van der Waals surface area contributed by atoms with Crippen LogP contribution in [0.15, 0.2) is 77.4 Å². The molecule has 0 radical (unpaired) electrons. The van der Waals surface area contributed by atoms with Gasteiger partial charge in [0, 0.05) is 12.5 Å². The number of furan rings is 1. The minimum atomic E-state index is -0.166. The number of para-hydroxylation sites is 2. The van der Waals surface area contributed by atoms with Gasteiger partial charge in [-0.2, -0.15) is 0 Å². The van der Waals surface area contributed by atoms with Crippen LogP contribution in [0.4, 0.5) is 0 Å². The van der Waals surface area contributed by atoms with E-state index in [0.29, 0.717) is 23.5 Å². The molecule has 4 nitrogen and oxygen atoms in total. The lowest BCUT2D eigenvalue weighted by Gasteiger charge is -2.15. The molecule has 0 saturated heterocycles. The maximum atomic E-state index is 12.6. The van der Waals surface area contributed by atoms with Crippen molar-refractivity contribution in [1.82, 2.24) is 5.32 Å². The minimum Gasteiger partial charge on any atom is -0.469 e. The summed E-state index contributed by atoms with van der Waals surface area (Å²) in [6.07, 6.45) is 2.27. The third-order valence-corrected chi connectivity index (χ3v) is 3.57. The number of rotatable bonds is 6. The molecular weight excluding hydrogens is 302 g/mol. The summed E-state index contributed by atoms with van der Waals surface area (Å²) in [5.41, 5.74) is 0.507. The minimum absolute atomic E-state index is 0.0477. The zero-order chi connectivity index (χ0) is 16.8. The predicted octanol–water partition coefficient (Wildman–Crippen LogP) is 4.43. The second-order valence-electron chi connectivity index (χ2n) is 5.57. The Morgan fingerprint density at radius 2 is 1.79 bits per heavy atom. The van der Waals surface area contributed by atoms with E-state index in [1.807, 2.05) is 61.5 Å². The van der Waals surface area contributed by atoms with Crippen molar-refractivity contribution in [2.24, 2.45) is 0 Å². The van der Waals surface area contributed by atoms with E-state index in [-0.39, 0.29) is 11.9 Å². The first kappa shape index (κ1) is 15.9. The van der Waals surface area contributed by atoms with Gasteiger partial charge in [0.15, 0.2) is 0 Å². The summed E-state index contributed by atoms with van der Waals surface area (Å²) in [7, 11) is 0. The molecular formula is C20H19NO3. The molecule has 24 heavy (non-hydrogen) atoms. The van der Waals surface area contributed by atoms with Crippen LogP contribution in [-0.2, 0) is 6.42 Å². The van der Waals surface area contributed by atoms with E-state index in [1.165, 1.54) is 0 Å². The van der Waals surface area contributed by atoms with Crippen molar-refractivity contribution in [2.45, 2.75) is 19.4 Å². The molecule has 1 unspecified atom stereocenters. The Bertz CT molecular complexity index is 782. The van der Waals surface area contributed by atoms with Gasteiger partial charge in [0.25, 0.3) is 5.91 Å². The number of ether oxygens (including phenoxy) is 1. The molecule has 0 aliphatic carbocycles. The number of hydrogen-bond donors (Lipinski definition) is 1. The highest BCUT2D eigenvalue weighted by Crippen LogP contribution is 2.25. The summed E-state index contributed by atoms with van der Waals surface area (Å²) in [5, 5.41) is 2.98. The van der Waals surface area contributed by atoms with E-state index >= 15 is 0 Å². The molecule has 1 atom stereocenters. The van der Waals surface area contributed by atoms with Crippen molar-refractivity contribution in [1.29, 1.82) is 0 Å². The Labute approximate surface area is 141 Å². The SMILES string of the molecule is CC(Cc1ccco1)NC(=O)c1ccccc1Oc1ccccc1. The largest absolute Gasteiger partial charge is 0.469 e. The highest BCUT2D eigenvalue weighted by Gasteiger charge is 2.16. The molecule has 122 valence electrons. The second kappa shape index (κ2) is 7.51. The fourth-order valence-corrected chi connectivity index (χ4v) is 2.44. The Kier molecular flexibility index (Phi) is 4.96. The first-order chi connectivity index (χ1) is 11.7. The summed E-state index contributed by atoms with van der Waals surface area (Å²) in [5.74, 6) is 1.91. The molecule has 3 rings (SSSR count). The van der Waals surface area contributed by atoms with Gasteiger partial charge in [0.2, 0.25) is 0 Å².